The number of aliphatic hydroxyl groups is 1. The summed E-state index contributed by atoms with van der Waals surface area (Å²) in [7, 11) is 1.08. The Hall–Kier alpha value is -4.12. The van der Waals surface area contributed by atoms with Crippen molar-refractivity contribution in [3.63, 3.8) is 0 Å². The number of carbonyl (C=O) groups is 3. The van der Waals surface area contributed by atoms with Gasteiger partial charge in [0.15, 0.2) is 11.2 Å². The van der Waals surface area contributed by atoms with E-state index in [9.17, 15) is 24.3 Å². The Morgan fingerprint density at radius 3 is 2.61 bits per heavy atom. The fourth-order valence-electron chi connectivity index (χ4n) is 3.99. The first-order valence-corrected chi connectivity index (χ1v) is 9.01. The monoisotopic (exact) mass is 427 g/mol. The van der Waals surface area contributed by atoms with Crippen LogP contribution >= 0.6 is 0 Å². The normalized spacial score (nSPS) is 19.2. The first-order chi connectivity index (χ1) is 14.8. The molecule has 2 aliphatic heterocycles. The Morgan fingerprint density at radius 1 is 1.26 bits per heavy atom. The maximum absolute atomic E-state index is 13.9. The standard InChI is InChI=1S/C20H17N3O8/c1-29-18(27)14-17(22)31-15-12(25)6-9(8-24)30-16(15)20(14)10-4-2-3-5-11(10)23(19(20)28)7-13(21)26/h2-6,24H,7-8,22H2,1H3,(H2,21,26)/t20-/m1/s1. The van der Waals surface area contributed by atoms with E-state index in [0.717, 1.165) is 18.1 Å². The molecule has 1 aromatic carbocycles. The number of esters is 1. The molecule has 0 aliphatic carbocycles. The highest BCUT2D eigenvalue weighted by Crippen LogP contribution is 2.54. The van der Waals surface area contributed by atoms with Gasteiger partial charge >= 0.3 is 5.97 Å². The predicted octanol–water partition coefficient (Wildman–Crippen LogP) is -1.01. The second kappa shape index (κ2) is 6.99. The molecule has 5 N–H and O–H groups in total. The van der Waals surface area contributed by atoms with Gasteiger partial charge in [0.2, 0.25) is 23.0 Å². The molecule has 2 aliphatic rings. The van der Waals surface area contributed by atoms with Crippen molar-refractivity contribution in [3.05, 3.63) is 69.1 Å². The minimum Gasteiger partial charge on any atom is -0.465 e. The highest BCUT2D eigenvalue weighted by Gasteiger charge is 2.63. The lowest BCUT2D eigenvalue weighted by molar-refractivity contribution is -0.138. The van der Waals surface area contributed by atoms with E-state index in [-0.39, 0.29) is 22.8 Å². The van der Waals surface area contributed by atoms with Crippen LogP contribution in [0.2, 0.25) is 0 Å². The summed E-state index contributed by atoms with van der Waals surface area (Å²) in [6.07, 6.45) is 0. The number of para-hydroxylation sites is 1. The molecule has 11 heteroatoms. The maximum atomic E-state index is 13.9. The van der Waals surface area contributed by atoms with Crippen molar-refractivity contribution in [2.75, 3.05) is 18.6 Å². The van der Waals surface area contributed by atoms with Gasteiger partial charge in [0, 0.05) is 17.3 Å². The molecule has 0 fully saturated rings. The van der Waals surface area contributed by atoms with Crippen LogP contribution in [-0.2, 0) is 31.1 Å². The van der Waals surface area contributed by atoms with Crippen LogP contribution < -0.4 is 26.5 Å². The van der Waals surface area contributed by atoms with E-state index in [2.05, 4.69) is 0 Å². The molecule has 160 valence electrons. The van der Waals surface area contributed by atoms with Crippen molar-refractivity contribution in [3.8, 4) is 5.75 Å². The van der Waals surface area contributed by atoms with Gasteiger partial charge in [0.1, 0.15) is 24.5 Å². The summed E-state index contributed by atoms with van der Waals surface area (Å²) in [5, 5.41) is 9.54. The molecule has 1 spiro atoms. The Balaban J connectivity index is 2.17. The number of nitrogens with two attached hydrogens (primary N) is 2. The van der Waals surface area contributed by atoms with E-state index in [1.807, 2.05) is 0 Å². The average molecular weight is 427 g/mol. The van der Waals surface area contributed by atoms with Gasteiger partial charge in [-0.3, -0.25) is 14.4 Å². The summed E-state index contributed by atoms with van der Waals surface area (Å²) in [5.41, 5.74) is 8.53. The van der Waals surface area contributed by atoms with E-state index in [1.165, 1.54) is 6.07 Å². The van der Waals surface area contributed by atoms with E-state index in [1.54, 1.807) is 18.2 Å². The van der Waals surface area contributed by atoms with Crippen LogP contribution in [0, 0.1) is 0 Å². The Morgan fingerprint density at radius 2 is 1.97 bits per heavy atom. The van der Waals surface area contributed by atoms with E-state index in [4.69, 9.17) is 25.4 Å². The number of benzene rings is 1. The lowest BCUT2D eigenvalue weighted by atomic mass is 9.71. The molecule has 0 radical (unpaired) electrons. The van der Waals surface area contributed by atoms with Crippen molar-refractivity contribution < 1.29 is 33.4 Å². The first kappa shape index (κ1) is 20.2. The third-order valence-electron chi connectivity index (χ3n) is 5.15. The van der Waals surface area contributed by atoms with Gasteiger partial charge in [-0.25, -0.2) is 4.79 Å². The van der Waals surface area contributed by atoms with E-state index >= 15 is 0 Å². The molecule has 0 saturated carbocycles. The minimum atomic E-state index is -2.10. The number of hydrogen-bond donors (Lipinski definition) is 3. The highest BCUT2D eigenvalue weighted by atomic mass is 16.5. The zero-order valence-electron chi connectivity index (χ0n) is 16.2. The van der Waals surface area contributed by atoms with Gasteiger partial charge < -0.3 is 35.4 Å². The molecule has 4 rings (SSSR count). The van der Waals surface area contributed by atoms with Crippen molar-refractivity contribution in [2.45, 2.75) is 12.0 Å². The van der Waals surface area contributed by atoms with Crippen molar-refractivity contribution in [2.24, 2.45) is 11.5 Å². The lowest BCUT2D eigenvalue weighted by Gasteiger charge is -2.34. The average Bonchev–Trinajstić information content (AvgIpc) is 2.97. The summed E-state index contributed by atoms with van der Waals surface area (Å²) >= 11 is 0. The van der Waals surface area contributed by atoms with Crippen LogP contribution in [0.25, 0.3) is 0 Å². The maximum Gasteiger partial charge on any atom is 0.341 e. The van der Waals surface area contributed by atoms with Crippen LogP contribution in [0.3, 0.4) is 0 Å². The molecule has 1 atom stereocenters. The number of anilines is 1. The first-order valence-electron chi connectivity index (χ1n) is 9.01. The fraction of sp³-hybridized carbons (Fsp3) is 0.200. The van der Waals surface area contributed by atoms with Gasteiger partial charge in [-0.2, -0.15) is 0 Å². The van der Waals surface area contributed by atoms with Gasteiger partial charge in [-0.1, -0.05) is 18.2 Å². The van der Waals surface area contributed by atoms with Crippen molar-refractivity contribution in [1.82, 2.24) is 0 Å². The number of nitrogens with zero attached hydrogens (tertiary/aromatic N) is 1. The van der Waals surface area contributed by atoms with E-state index < -0.39 is 59.0 Å². The quantitative estimate of drug-likeness (QED) is 0.516. The Bertz CT molecular complexity index is 1230. The molecule has 11 nitrogen and oxygen atoms in total. The zero-order valence-corrected chi connectivity index (χ0v) is 16.2. The molecular weight excluding hydrogens is 410 g/mol. The van der Waals surface area contributed by atoms with Crippen LogP contribution in [0.15, 0.2) is 51.0 Å². The third kappa shape index (κ3) is 2.63. The number of primary amides is 1. The lowest BCUT2D eigenvalue weighted by Crippen LogP contribution is -2.50. The largest absolute Gasteiger partial charge is 0.465 e. The van der Waals surface area contributed by atoms with Crippen LogP contribution in [0.4, 0.5) is 5.69 Å². The number of ether oxygens (including phenoxy) is 2. The number of amides is 2. The number of methoxy groups -OCH3 is 1. The topological polar surface area (TPSA) is 175 Å². The smallest absolute Gasteiger partial charge is 0.341 e. The molecule has 31 heavy (non-hydrogen) atoms. The number of fused-ring (bicyclic) bond motifs is 4. The van der Waals surface area contributed by atoms with Crippen molar-refractivity contribution in [1.29, 1.82) is 0 Å². The Kier molecular flexibility index (Phi) is 4.55. The summed E-state index contributed by atoms with van der Waals surface area (Å²) < 4.78 is 15.9. The number of aliphatic hydroxyl groups excluding tert-OH is 1. The van der Waals surface area contributed by atoms with Gasteiger partial charge in [-0.15, -0.1) is 0 Å². The van der Waals surface area contributed by atoms with Crippen LogP contribution in [0.5, 0.6) is 5.75 Å². The Labute approximate surface area is 174 Å². The summed E-state index contributed by atoms with van der Waals surface area (Å²) in [6, 6.07) is 7.25. The highest BCUT2D eigenvalue weighted by molar-refractivity contribution is 6.19. The van der Waals surface area contributed by atoms with Crippen molar-refractivity contribution >= 4 is 23.5 Å². The molecular formula is C20H17N3O8. The number of hydrogen-bond acceptors (Lipinski definition) is 9. The van der Waals surface area contributed by atoms with Gasteiger partial charge in [0.05, 0.1) is 7.11 Å². The van der Waals surface area contributed by atoms with E-state index in [0.29, 0.717) is 0 Å². The SMILES string of the molecule is COC(=O)C1=C(N)Oc2c(oc(CO)cc2=O)[C@]12C(=O)N(CC(N)=O)c1ccccc12. The molecule has 0 saturated heterocycles. The van der Waals surface area contributed by atoms with Gasteiger partial charge in [-0.05, 0) is 6.07 Å². The fourth-order valence-corrected chi connectivity index (χ4v) is 3.99. The minimum absolute atomic E-state index is 0.171. The second-order valence-electron chi connectivity index (χ2n) is 6.85. The predicted molar refractivity (Wildman–Crippen MR) is 104 cm³/mol. The summed E-state index contributed by atoms with van der Waals surface area (Å²) in [4.78, 5) is 52.1. The summed E-state index contributed by atoms with van der Waals surface area (Å²) in [6.45, 7) is -1.17. The molecule has 1 aromatic heterocycles. The van der Waals surface area contributed by atoms with Crippen LogP contribution in [0.1, 0.15) is 17.1 Å². The van der Waals surface area contributed by atoms with Gasteiger partial charge in [0.25, 0.3) is 5.91 Å². The zero-order chi connectivity index (χ0) is 22.5. The number of rotatable bonds is 4. The third-order valence-corrected chi connectivity index (χ3v) is 5.15. The second-order valence-corrected chi connectivity index (χ2v) is 6.85. The molecule has 2 aromatic rings. The number of carbonyl (C=O) groups excluding carboxylic acids is 3. The molecule has 0 bridgehead atoms. The molecule has 2 amide bonds. The van der Waals surface area contributed by atoms with Crippen LogP contribution in [-0.4, -0.2) is 36.5 Å². The summed E-state index contributed by atoms with van der Waals surface area (Å²) in [5.74, 6) is -4.13. The molecule has 3 heterocycles. The molecule has 0 unspecified atom stereocenters.